The topological polar surface area (TPSA) is 84.4 Å². The van der Waals surface area contributed by atoms with E-state index in [-0.39, 0.29) is 17.9 Å². The van der Waals surface area contributed by atoms with Gasteiger partial charge >= 0.3 is 0 Å². The fourth-order valence-corrected chi connectivity index (χ4v) is 2.68. The van der Waals surface area contributed by atoms with Gasteiger partial charge in [-0.3, -0.25) is 9.69 Å². The average molecular weight is 348 g/mol. The summed E-state index contributed by atoms with van der Waals surface area (Å²) in [6.45, 7) is 10.5. The molecule has 2 aromatic heterocycles. The molecule has 0 radical (unpaired) electrons. The molecule has 2 aromatic rings. The van der Waals surface area contributed by atoms with E-state index in [9.17, 15) is 4.79 Å². The molecule has 0 fully saturated rings. The summed E-state index contributed by atoms with van der Waals surface area (Å²) in [7, 11) is 0. The zero-order chi connectivity index (χ0) is 18.2. The highest BCUT2D eigenvalue weighted by Crippen LogP contribution is 2.20. The SMILES string of the molecule is CCN(CC)[C@@H](CNC(=O)CCc1nc(C(C)C)no1)c1ccco1. The van der Waals surface area contributed by atoms with Gasteiger partial charge in [-0.1, -0.05) is 32.9 Å². The zero-order valence-electron chi connectivity index (χ0n) is 15.5. The monoisotopic (exact) mass is 348 g/mol. The first-order valence-corrected chi connectivity index (χ1v) is 8.91. The Balaban J connectivity index is 1.85. The van der Waals surface area contributed by atoms with E-state index in [1.807, 2.05) is 26.0 Å². The molecule has 1 amide bonds. The molecule has 7 nitrogen and oxygen atoms in total. The minimum atomic E-state index is -0.0343. The van der Waals surface area contributed by atoms with Crippen LogP contribution in [0.3, 0.4) is 0 Å². The lowest BCUT2D eigenvalue weighted by Gasteiger charge is -2.28. The van der Waals surface area contributed by atoms with Gasteiger partial charge in [0.25, 0.3) is 0 Å². The molecule has 0 aliphatic heterocycles. The third-order valence-corrected chi connectivity index (χ3v) is 4.18. The van der Waals surface area contributed by atoms with Crippen LogP contribution in [-0.2, 0) is 11.2 Å². The number of carbonyl (C=O) groups is 1. The maximum Gasteiger partial charge on any atom is 0.227 e. The quantitative estimate of drug-likeness (QED) is 0.711. The summed E-state index contributed by atoms with van der Waals surface area (Å²) in [4.78, 5) is 18.7. The summed E-state index contributed by atoms with van der Waals surface area (Å²) in [5.41, 5.74) is 0. The minimum Gasteiger partial charge on any atom is -0.468 e. The summed E-state index contributed by atoms with van der Waals surface area (Å²) in [5.74, 6) is 2.23. The van der Waals surface area contributed by atoms with Crippen molar-refractivity contribution in [1.82, 2.24) is 20.4 Å². The number of rotatable bonds is 10. The first kappa shape index (κ1) is 19.2. The van der Waals surface area contributed by atoms with Crippen molar-refractivity contribution in [2.75, 3.05) is 19.6 Å². The number of likely N-dealkylation sites (N-methyl/N-ethyl adjacent to an activating group) is 1. The molecular weight excluding hydrogens is 320 g/mol. The van der Waals surface area contributed by atoms with E-state index in [4.69, 9.17) is 8.94 Å². The molecule has 1 N–H and O–H groups in total. The van der Waals surface area contributed by atoms with Crippen molar-refractivity contribution in [3.63, 3.8) is 0 Å². The summed E-state index contributed by atoms with van der Waals surface area (Å²) in [5, 5.41) is 6.90. The predicted octanol–water partition coefficient (Wildman–Crippen LogP) is 2.92. The summed E-state index contributed by atoms with van der Waals surface area (Å²) in [6.07, 6.45) is 2.43. The standard InChI is InChI=1S/C18H28N4O3/c1-5-22(6-2)14(15-8-7-11-24-15)12-19-16(23)9-10-17-20-18(13(3)4)21-25-17/h7-8,11,13-14H,5-6,9-10,12H2,1-4H3,(H,19,23)/t14-/m0/s1. The molecule has 138 valence electrons. The van der Waals surface area contributed by atoms with Gasteiger partial charge in [-0.15, -0.1) is 0 Å². The van der Waals surface area contributed by atoms with Gasteiger partial charge in [0.1, 0.15) is 5.76 Å². The van der Waals surface area contributed by atoms with Crippen LogP contribution in [0.15, 0.2) is 27.3 Å². The molecule has 2 heterocycles. The van der Waals surface area contributed by atoms with Crippen molar-refractivity contribution >= 4 is 5.91 Å². The van der Waals surface area contributed by atoms with Crippen LogP contribution in [0.1, 0.15) is 63.6 Å². The maximum absolute atomic E-state index is 12.2. The lowest BCUT2D eigenvalue weighted by atomic mass is 10.1. The van der Waals surface area contributed by atoms with Gasteiger partial charge in [0, 0.05) is 25.3 Å². The fourth-order valence-electron chi connectivity index (χ4n) is 2.68. The predicted molar refractivity (Wildman–Crippen MR) is 94.1 cm³/mol. The van der Waals surface area contributed by atoms with Crippen LogP contribution in [0.5, 0.6) is 0 Å². The number of nitrogens with one attached hydrogen (secondary N) is 1. The van der Waals surface area contributed by atoms with Crippen LogP contribution in [0.2, 0.25) is 0 Å². The minimum absolute atomic E-state index is 0.0323. The average Bonchev–Trinajstić information content (AvgIpc) is 3.28. The van der Waals surface area contributed by atoms with Gasteiger partial charge in [-0.2, -0.15) is 4.98 Å². The molecule has 0 spiro atoms. The lowest BCUT2D eigenvalue weighted by Crippen LogP contribution is -2.38. The van der Waals surface area contributed by atoms with Crippen LogP contribution in [0.4, 0.5) is 0 Å². The molecule has 0 aliphatic rings. The van der Waals surface area contributed by atoms with E-state index in [1.165, 1.54) is 0 Å². The number of hydrogen-bond donors (Lipinski definition) is 1. The van der Waals surface area contributed by atoms with Gasteiger partial charge in [-0.25, -0.2) is 0 Å². The largest absolute Gasteiger partial charge is 0.468 e. The molecule has 25 heavy (non-hydrogen) atoms. The maximum atomic E-state index is 12.2. The Morgan fingerprint density at radius 3 is 2.64 bits per heavy atom. The normalized spacial score (nSPS) is 12.7. The molecule has 0 aromatic carbocycles. The number of carbonyl (C=O) groups excluding carboxylic acids is 1. The molecule has 0 bridgehead atoms. The Labute approximate surface area is 148 Å². The highest BCUT2D eigenvalue weighted by atomic mass is 16.5. The Hall–Kier alpha value is -2.15. The molecule has 0 unspecified atom stereocenters. The molecule has 0 saturated heterocycles. The van der Waals surface area contributed by atoms with Crippen molar-refractivity contribution in [3.8, 4) is 0 Å². The van der Waals surface area contributed by atoms with Crippen molar-refractivity contribution in [2.45, 2.75) is 52.5 Å². The van der Waals surface area contributed by atoms with Gasteiger partial charge in [0.2, 0.25) is 11.8 Å². The molecule has 0 saturated carbocycles. The molecule has 1 atom stereocenters. The zero-order valence-corrected chi connectivity index (χ0v) is 15.5. The molecular formula is C18H28N4O3. The number of aryl methyl sites for hydroxylation is 1. The second-order valence-corrected chi connectivity index (χ2v) is 6.26. The highest BCUT2D eigenvalue weighted by Gasteiger charge is 2.21. The van der Waals surface area contributed by atoms with E-state index in [0.29, 0.717) is 31.1 Å². The second-order valence-electron chi connectivity index (χ2n) is 6.26. The van der Waals surface area contributed by atoms with Crippen LogP contribution in [0.25, 0.3) is 0 Å². The van der Waals surface area contributed by atoms with Gasteiger partial charge in [0.05, 0.1) is 12.3 Å². The van der Waals surface area contributed by atoms with Crippen molar-refractivity contribution < 1.29 is 13.7 Å². The first-order chi connectivity index (χ1) is 12.0. The Kier molecular flexibility index (Phi) is 7.18. The lowest BCUT2D eigenvalue weighted by molar-refractivity contribution is -0.121. The summed E-state index contributed by atoms with van der Waals surface area (Å²) < 4.78 is 10.7. The third-order valence-electron chi connectivity index (χ3n) is 4.18. The number of hydrogen-bond acceptors (Lipinski definition) is 6. The van der Waals surface area contributed by atoms with Gasteiger partial charge < -0.3 is 14.3 Å². The number of nitrogens with zero attached hydrogens (tertiary/aromatic N) is 3. The van der Waals surface area contributed by atoms with Gasteiger partial charge in [-0.05, 0) is 25.2 Å². The highest BCUT2D eigenvalue weighted by molar-refractivity contribution is 5.76. The summed E-state index contributed by atoms with van der Waals surface area (Å²) >= 11 is 0. The van der Waals surface area contributed by atoms with E-state index in [2.05, 4.69) is 34.2 Å². The van der Waals surface area contributed by atoms with Crippen LogP contribution >= 0.6 is 0 Å². The third kappa shape index (κ3) is 5.42. The number of furan rings is 1. The number of amides is 1. The molecule has 7 heteroatoms. The summed E-state index contributed by atoms with van der Waals surface area (Å²) in [6, 6.07) is 3.85. The Morgan fingerprint density at radius 2 is 2.08 bits per heavy atom. The molecule has 0 aliphatic carbocycles. The number of aromatic nitrogens is 2. The Morgan fingerprint density at radius 1 is 1.32 bits per heavy atom. The van der Waals surface area contributed by atoms with Crippen molar-refractivity contribution in [3.05, 3.63) is 35.9 Å². The van der Waals surface area contributed by atoms with E-state index in [0.717, 1.165) is 18.8 Å². The van der Waals surface area contributed by atoms with Crippen LogP contribution in [0, 0.1) is 0 Å². The first-order valence-electron chi connectivity index (χ1n) is 8.91. The van der Waals surface area contributed by atoms with E-state index in [1.54, 1.807) is 6.26 Å². The van der Waals surface area contributed by atoms with E-state index >= 15 is 0 Å². The van der Waals surface area contributed by atoms with Crippen molar-refractivity contribution in [1.29, 1.82) is 0 Å². The van der Waals surface area contributed by atoms with Crippen LogP contribution < -0.4 is 5.32 Å². The Bertz CT molecular complexity index is 633. The smallest absolute Gasteiger partial charge is 0.227 e. The van der Waals surface area contributed by atoms with Crippen LogP contribution in [-0.4, -0.2) is 40.6 Å². The van der Waals surface area contributed by atoms with Crippen molar-refractivity contribution in [2.24, 2.45) is 0 Å². The van der Waals surface area contributed by atoms with Gasteiger partial charge in [0.15, 0.2) is 5.82 Å². The fraction of sp³-hybridized carbons (Fsp3) is 0.611. The molecule has 2 rings (SSSR count). The van der Waals surface area contributed by atoms with E-state index < -0.39 is 0 Å². The second kappa shape index (κ2) is 9.36.